The highest BCUT2D eigenvalue weighted by atomic mass is 32.3. The summed E-state index contributed by atoms with van der Waals surface area (Å²) in [6.45, 7) is -1.01. The smallest absolute Gasteiger partial charge is 0.407 e. The minimum Gasteiger partial charge on any atom is -0.480 e. The summed E-state index contributed by atoms with van der Waals surface area (Å²) in [6, 6.07) is 13.7. The Morgan fingerprint density at radius 3 is 2.07 bits per heavy atom. The number of hydrogen-bond acceptors (Lipinski definition) is 6. The molecule has 1 atom stereocenters. The summed E-state index contributed by atoms with van der Waals surface area (Å²) in [6.07, 6.45) is -1.05. The second-order valence-corrected chi connectivity index (χ2v) is 7.16. The van der Waals surface area contributed by atoms with Crippen LogP contribution in [0.2, 0.25) is 0 Å². The summed E-state index contributed by atoms with van der Waals surface area (Å²) in [5.74, 6) is -1.76. The topological polar surface area (TPSA) is 139 Å². The Morgan fingerprint density at radius 1 is 1.04 bits per heavy atom. The van der Waals surface area contributed by atoms with E-state index >= 15 is 0 Å². The number of fused-ring (bicyclic) bond motifs is 3. The first kappa shape index (κ1) is 19.8. The molecule has 1 aliphatic carbocycles. The van der Waals surface area contributed by atoms with Crippen LogP contribution in [0.1, 0.15) is 17.0 Å². The number of aliphatic carboxylic acids is 1. The van der Waals surface area contributed by atoms with E-state index in [9.17, 15) is 18.0 Å². The third kappa shape index (κ3) is 4.47. The summed E-state index contributed by atoms with van der Waals surface area (Å²) in [5.41, 5.74) is 4.05. The van der Waals surface area contributed by atoms with Crippen LogP contribution in [0, 0.1) is 0 Å². The Hall–Kier alpha value is -2.95. The van der Waals surface area contributed by atoms with E-state index in [1.54, 1.807) is 0 Å². The molecule has 3 N–H and O–H groups in total. The molecule has 148 valence electrons. The molecule has 0 unspecified atom stereocenters. The molecule has 0 aliphatic heterocycles. The molecule has 10 heteroatoms. The first-order valence-corrected chi connectivity index (χ1v) is 9.59. The molecule has 0 aromatic heterocycles. The largest absolute Gasteiger partial charge is 0.480 e. The molecule has 0 fully saturated rings. The number of rotatable bonds is 7. The highest BCUT2D eigenvalue weighted by molar-refractivity contribution is 7.80. The third-order valence-corrected chi connectivity index (χ3v) is 4.75. The quantitative estimate of drug-likeness (QED) is 0.591. The maximum atomic E-state index is 12.0. The number of ether oxygens (including phenoxy) is 1. The van der Waals surface area contributed by atoms with Crippen LogP contribution in [0.15, 0.2) is 48.5 Å². The molecule has 9 nitrogen and oxygen atoms in total. The van der Waals surface area contributed by atoms with Crippen LogP contribution >= 0.6 is 0 Å². The molecule has 28 heavy (non-hydrogen) atoms. The fourth-order valence-electron chi connectivity index (χ4n) is 3.11. The normalized spacial score (nSPS) is 14.0. The van der Waals surface area contributed by atoms with Gasteiger partial charge in [-0.25, -0.2) is 13.8 Å². The summed E-state index contributed by atoms with van der Waals surface area (Å²) in [7, 11) is -4.84. The first-order chi connectivity index (χ1) is 13.3. The molecular weight excluding hydrogens is 390 g/mol. The van der Waals surface area contributed by atoms with Crippen LogP contribution in [0.3, 0.4) is 0 Å². The molecular formula is C18H17NO8S. The van der Waals surface area contributed by atoms with Gasteiger partial charge in [0.15, 0.2) is 6.04 Å². The lowest BCUT2D eigenvalue weighted by atomic mass is 9.98. The van der Waals surface area contributed by atoms with Gasteiger partial charge in [-0.2, -0.15) is 8.42 Å². The van der Waals surface area contributed by atoms with Gasteiger partial charge in [-0.3, -0.25) is 4.55 Å². The number of benzene rings is 2. The van der Waals surface area contributed by atoms with E-state index in [1.807, 2.05) is 53.8 Å². The number of nitrogens with one attached hydrogen (secondary N) is 1. The van der Waals surface area contributed by atoms with Crippen molar-refractivity contribution in [2.75, 3.05) is 13.2 Å². The molecule has 0 heterocycles. The van der Waals surface area contributed by atoms with Gasteiger partial charge in [-0.05, 0) is 22.3 Å². The van der Waals surface area contributed by atoms with E-state index in [0.717, 1.165) is 22.3 Å². The zero-order chi connectivity index (χ0) is 20.3. The number of carboxylic acids is 1. The van der Waals surface area contributed by atoms with Crippen LogP contribution in [0.4, 0.5) is 4.79 Å². The van der Waals surface area contributed by atoms with E-state index in [4.69, 9.17) is 14.4 Å². The van der Waals surface area contributed by atoms with Crippen molar-refractivity contribution in [2.45, 2.75) is 12.0 Å². The Kier molecular flexibility index (Phi) is 5.63. The zero-order valence-electron chi connectivity index (χ0n) is 14.4. The minimum absolute atomic E-state index is 0.0364. The van der Waals surface area contributed by atoms with Crippen molar-refractivity contribution in [3.8, 4) is 11.1 Å². The lowest BCUT2D eigenvalue weighted by Gasteiger charge is -2.17. The predicted molar refractivity (Wildman–Crippen MR) is 97.1 cm³/mol. The van der Waals surface area contributed by atoms with E-state index in [2.05, 4.69) is 4.18 Å². The van der Waals surface area contributed by atoms with Crippen molar-refractivity contribution in [2.24, 2.45) is 0 Å². The van der Waals surface area contributed by atoms with E-state index < -0.39 is 35.1 Å². The average Bonchev–Trinajstić information content (AvgIpc) is 2.96. The molecule has 3 rings (SSSR count). The zero-order valence-corrected chi connectivity index (χ0v) is 15.3. The van der Waals surface area contributed by atoms with Crippen LogP contribution in [0.25, 0.3) is 11.1 Å². The summed E-state index contributed by atoms with van der Waals surface area (Å²) in [5, 5.41) is 11.0. The Morgan fingerprint density at radius 2 is 1.57 bits per heavy atom. The number of carbonyl (C=O) groups is 2. The first-order valence-electron chi connectivity index (χ1n) is 8.22. The van der Waals surface area contributed by atoms with Crippen molar-refractivity contribution in [3.63, 3.8) is 0 Å². The fraction of sp³-hybridized carbons (Fsp3) is 0.222. The predicted octanol–water partition coefficient (Wildman–Crippen LogP) is 1.80. The van der Waals surface area contributed by atoms with Crippen LogP contribution < -0.4 is 5.32 Å². The second-order valence-electron chi connectivity index (χ2n) is 6.07. The van der Waals surface area contributed by atoms with E-state index in [0.29, 0.717) is 0 Å². The lowest BCUT2D eigenvalue weighted by molar-refractivity contribution is -0.140. The summed E-state index contributed by atoms with van der Waals surface area (Å²) >= 11 is 0. The number of amides is 1. The fourth-order valence-corrected chi connectivity index (χ4v) is 3.42. The van der Waals surface area contributed by atoms with E-state index in [-0.39, 0.29) is 12.5 Å². The number of carbonyl (C=O) groups excluding carboxylic acids is 1. The molecule has 0 radical (unpaired) electrons. The van der Waals surface area contributed by atoms with Gasteiger partial charge in [0.2, 0.25) is 0 Å². The highest BCUT2D eigenvalue weighted by Gasteiger charge is 2.30. The minimum atomic E-state index is -4.84. The van der Waals surface area contributed by atoms with Gasteiger partial charge in [0.05, 0.1) is 6.61 Å². The molecule has 1 aliphatic rings. The Balaban J connectivity index is 1.66. The maximum Gasteiger partial charge on any atom is 0.407 e. The molecule has 0 spiro atoms. The van der Waals surface area contributed by atoms with Gasteiger partial charge < -0.3 is 15.2 Å². The Labute approximate surface area is 160 Å². The van der Waals surface area contributed by atoms with Crippen LogP contribution in [-0.2, 0) is 24.1 Å². The Bertz CT molecular complexity index is 959. The van der Waals surface area contributed by atoms with Gasteiger partial charge in [0, 0.05) is 5.92 Å². The van der Waals surface area contributed by atoms with Crippen LogP contribution in [0.5, 0.6) is 0 Å². The third-order valence-electron chi connectivity index (χ3n) is 4.32. The highest BCUT2D eigenvalue weighted by Crippen LogP contribution is 2.44. The average molecular weight is 407 g/mol. The number of alkyl carbamates (subject to hydrolysis) is 1. The summed E-state index contributed by atoms with van der Waals surface area (Å²) in [4.78, 5) is 23.1. The molecule has 0 bridgehead atoms. The number of hydrogen-bond donors (Lipinski definition) is 3. The molecule has 1 amide bonds. The van der Waals surface area contributed by atoms with Gasteiger partial charge in [0.25, 0.3) is 0 Å². The molecule has 2 aromatic rings. The van der Waals surface area contributed by atoms with Gasteiger partial charge in [-0.15, -0.1) is 0 Å². The molecule has 0 saturated heterocycles. The van der Waals surface area contributed by atoms with Crippen LogP contribution in [-0.4, -0.2) is 49.4 Å². The van der Waals surface area contributed by atoms with E-state index in [1.165, 1.54) is 0 Å². The van der Waals surface area contributed by atoms with Crippen molar-refractivity contribution in [3.05, 3.63) is 59.7 Å². The second kappa shape index (κ2) is 7.97. The van der Waals surface area contributed by atoms with Crippen molar-refractivity contribution in [1.29, 1.82) is 0 Å². The number of carboxylic acid groups (broad SMARTS) is 1. The molecule has 2 aromatic carbocycles. The van der Waals surface area contributed by atoms with Gasteiger partial charge >= 0.3 is 22.5 Å². The lowest BCUT2D eigenvalue weighted by Crippen LogP contribution is -2.44. The van der Waals surface area contributed by atoms with Crippen molar-refractivity contribution < 1.29 is 36.6 Å². The van der Waals surface area contributed by atoms with Crippen molar-refractivity contribution >= 4 is 22.5 Å². The SMILES string of the molecule is O=C(N[C@@H](COS(=O)(=O)O)C(=O)O)OCC1c2ccccc2-c2ccccc21. The van der Waals surface area contributed by atoms with Gasteiger partial charge in [-0.1, -0.05) is 48.5 Å². The van der Waals surface area contributed by atoms with Crippen molar-refractivity contribution in [1.82, 2.24) is 5.32 Å². The standard InChI is InChI=1S/C18H17NO8S/c20-17(21)16(10-27-28(23,24)25)19-18(22)26-9-15-13-7-3-1-5-11(13)12-6-2-4-8-14(12)15/h1-8,15-16H,9-10H2,(H,19,22)(H,20,21)(H,23,24,25)/t16-/m0/s1. The molecule has 0 saturated carbocycles. The van der Waals surface area contributed by atoms with Gasteiger partial charge in [0.1, 0.15) is 6.61 Å². The maximum absolute atomic E-state index is 12.0. The summed E-state index contributed by atoms with van der Waals surface area (Å²) < 4.78 is 38.8. The monoisotopic (exact) mass is 407 g/mol.